The minimum absolute atomic E-state index is 0.00396. The average molecular weight is 250 g/mol. The van der Waals surface area contributed by atoms with Gasteiger partial charge in [-0.25, -0.2) is 4.39 Å². The number of benzene rings is 1. The van der Waals surface area contributed by atoms with Crippen LogP contribution in [0.25, 0.3) is 0 Å². The van der Waals surface area contributed by atoms with E-state index in [1.54, 1.807) is 12.1 Å². The van der Waals surface area contributed by atoms with Gasteiger partial charge in [-0.3, -0.25) is 4.79 Å². The number of nitrogens with one attached hydrogen (secondary N) is 1. The zero-order valence-electron chi connectivity index (χ0n) is 9.80. The third kappa shape index (κ3) is 1.71. The summed E-state index contributed by atoms with van der Waals surface area (Å²) in [5.41, 5.74) is 6.03. The number of ether oxygens (including phenoxy) is 1. The number of halogens is 1. The van der Waals surface area contributed by atoms with Crippen LogP contribution in [0, 0.1) is 11.7 Å². The highest BCUT2D eigenvalue weighted by atomic mass is 19.1. The maximum absolute atomic E-state index is 13.5. The van der Waals surface area contributed by atoms with Gasteiger partial charge in [-0.05, 0) is 18.6 Å². The quantitative estimate of drug-likeness (QED) is 0.811. The van der Waals surface area contributed by atoms with Crippen molar-refractivity contribution in [1.29, 1.82) is 0 Å². The van der Waals surface area contributed by atoms with Crippen LogP contribution < -0.4 is 11.1 Å². The second-order valence-corrected chi connectivity index (χ2v) is 4.84. The molecule has 4 nitrogen and oxygen atoms in total. The standard InChI is InChI=1S/C13H15FN2O2/c14-9-4-2-1-3-7(9)13(17)16-11-10(15)8-5-6-18-12(8)11/h1-4,8,10-12H,5-6,15H2,(H,16,17). The molecule has 2 fully saturated rings. The maximum atomic E-state index is 13.5. The lowest BCUT2D eigenvalue weighted by Crippen LogP contribution is -2.69. The highest BCUT2D eigenvalue weighted by molar-refractivity contribution is 5.94. The molecule has 1 aliphatic heterocycles. The lowest BCUT2D eigenvalue weighted by Gasteiger charge is -2.45. The minimum atomic E-state index is -0.521. The summed E-state index contributed by atoms with van der Waals surface area (Å²) in [6.07, 6.45) is 0.938. The monoisotopic (exact) mass is 250 g/mol. The molecule has 1 aromatic rings. The molecule has 1 saturated heterocycles. The number of hydrogen-bond donors (Lipinski definition) is 2. The summed E-state index contributed by atoms with van der Waals surface area (Å²) in [6, 6.07) is 5.62. The molecule has 1 aliphatic carbocycles. The van der Waals surface area contributed by atoms with Crippen molar-refractivity contribution in [2.45, 2.75) is 24.6 Å². The molecule has 3 rings (SSSR count). The fourth-order valence-electron chi connectivity index (χ4n) is 2.80. The van der Waals surface area contributed by atoms with E-state index < -0.39 is 11.7 Å². The van der Waals surface area contributed by atoms with E-state index >= 15 is 0 Å². The van der Waals surface area contributed by atoms with E-state index in [-0.39, 0.29) is 23.8 Å². The molecule has 3 N–H and O–H groups in total. The minimum Gasteiger partial charge on any atom is -0.376 e. The van der Waals surface area contributed by atoms with Gasteiger partial charge in [0.05, 0.1) is 17.7 Å². The molecule has 2 aliphatic rings. The Morgan fingerprint density at radius 1 is 1.44 bits per heavy atom. The normalized spacial score (nSPS) is 33.7. The highest BCUT2D eigenvalue weighted by Crippen LogP contribution is 2.37. The molecule has 1 aromatic carbocycles. The number of carbonyl (C=O) groups excluding carboxylic acids is 1. The van der Waals surface area contributed by atoms with Crippen molar-refractivity contribution in [1.82, 2.24) is 5.32 Å². The summed E-state index contributed by atoms with van der Waals surface area (Å²) in [5.74, 6) is -0.620. The largest absolute Gasteiger partial charge is 0.376 e. The van der Waals surface area contributed by atoms with Crippen molar-refractivity contribution < 1.29 is 13.9 Å². The summed E-state index contributed by atoms with van der Waals surface area (Å²) in [7, 11) is 0. The second kappa shape index (κ2) is 4.33. The SMILES string of the molecule is NC1C2CCOC2C1NC(=O)c1ccccc1F. The van der Waals surface area contributed by atoms with Crippen LogP contribution in [0.15, 0.2) is 24.3 Å². The van der Waals surface area contributed by atoms with Gasteiger partial charge >= 0.3 is 0 Å². The molecule has 4 unspecified atom stereocenters. The lowest BCUT2D eigenvalue weighted by atomic mass is 9.72. The Hall–Kier alpha value is -1.46. The number of hydrogen-bond acceptors (Lipinski definition) is 3. The molecule has 0 aromatic heterocycles. The third-order valence-corrected chi connectivity index (χ3v) is 3.86. The summed E-state index contributed by atoms with van der Waals surface area (Å²) >= 11 is 0. The van der Waals surface area contributed by atoms with Gasteiger partial charge in [0, 0.05) is 18.6 Å². The molecule has 1 saturated carbocycles. The third-order valence-electron chi connectivity index (χ3n) is 3.86. The molecule has 0 spiro atoms. The summed E-state index contributed by atoms with van der Waals surface area (Å²) < 4.78 is 19.0. The van der Waals surface area contributed by atoms with E-state index in [4.69, 9.17) is 10.5 Å². The van der Waals surface area contributed by atoms with Gasteiger partial charge in [0.15, 0.2) is 0 Å². The van der Waals surface area contributed by atoms with Crippen molar-refractivity contribution in [3.63, 3.8) is 0 Å². The molecule has 0 radical (unpaired) electrons. The predicted molar refractivity (Wildman–Crippen MR) is 63.5 cm³/mol. The molecule has 5 heteroatoms. The number of nitrogens with two attached hydrogens (primary N) is 1. The van der Waals surface area contributed by atoms with Crippen molar-refractivity contribution in [2.75, 3.05) is 6.61 Å². The Morgan fingerprint density at radius 2 is 2.22 bits per heavy atom. The van der Waals surface area contributed by atoms with Crippen LogP contribution in [0.4, 0.5) is 4.39 Å². The van der Waals surface area contributed by atoms with Crippen LogP contribution in [0.1, 0.15) is 16.8 Å². The van der Waals surface area contributed by atoms with Gasteiger partial charge in [0.25, 0.3) is 5.91 Å². The van der Waals surface area contributed by atoms with E-state index in [0.29, 0.717) is 12.5 Å². The molecule has 1 amide bonds. The Balaban J connectivity index is 1.70. The van der Waals surface area contributed by atoms with Crippen molar-refractivity contribution in [3.8, 4) is 0 Å². The summed E-state index contributed by atoms with van der Waals surface area (Å²) in [5, 5.41) is 2.77. The number of rotatable bonds is 2. The second-order valence-electron chi connectivity index (χ2n) is 4.84. The molecule has 18 heavy (non-hydrogen) atoms. The summed E-state index contributed by atoms with van der Waals surface area (Å²) in [6.45, 7) is 0.690. The number of fused-ring (bicyclic) bond motifs is 1. The first-order valence-electron chi connectivity index (χ1n) is 6.11. The van der Waals surface area contributed by atoms with Crippen molar-refractivity contribution >= 4 is 5.91 Å². The number of carbonyl (C=O) groups is 1. The Morgan fingerprint density at radius 3 is 3.00 bits per heavy atom. The Kier molecular flexibility index (Phi) is 2.80. The van der Waals surface area contributed by atoms with Crippen molar-refractivity contribution in [2.24, 2.45) is 11.7 Å². The van der Waals surface area contributed by atoms with Crippen LogP contribution in [0.5, 0.6) is 0 Å². The van der Waals surface area contributed by atoms with E-state index in [1.807, 2.05) is 0 Å². The average Bonchev–Trinajstić information content (AvgIpc) is 2.81. The molecule has 96 valence electrons. The van der Waals surface area contributed by atoms with Crippen LogP contribution in [-0.2, 0) is 4.74 Å². The van der Waals surface area contributed by atoms with Gasteiger partial charge in [-0.15, -0.1) is 0 Å². The fourth-order valence-corrected chi connectivity index (χ4v) is 2.80. The predicted octanol–water partition coefficient (Wildman–Crippen LogP) is 0.670. The van der Waals surface area contributed by atoms with Gasteiger partial charge in [-0.1, -0.05) is 12.1 Å². The first kappa shape index (κ1) is 11.6. The van der Waals surface area contributed by atoms with Crippen molar-refractivity contribution in [3.05, 3.63) is 35.6 Å². The van der Waals surface area contributed by atoms with E-state index in [1.165, 1.54) is 12.1 Å². The zero-order valence-corrected chi connectivity index (χ0v) is 9.80. The van der Waals surface area contributed by atoms with Gasteiger partial charge in [0.2, 0.25) is 0 Å². The Labute approximate surface area is 104 Å². The highest BCUT2D eigenvalue weighted by Gasteiger charge is 2.52. The van der Waals surface area contributed by atoms with Crippen LogP contribution in [0.3, 0.4) is 0 Å². The topological polar surface area (TPSA) is 64.3 Å². The van der Waals surface area contributed by atoms with Crippen LogP contribution >= 0.6 is 0 Å². The van der Waals surface area contributed by atoms with E-state index in [0.717, 1.165) is 6.42 Å². The van der Waals surface area contributed by atoms with E-state index in [2.05, 4.69) is 5.32 Å². The lowest BCUT2D eigenvalue weighted by molar-refractivity contribution is -0.0161. The maximum Gasteiger partial charge on any atom is 0.254 e. The molecular formula is C13H15FN2O2. The smallest absolute Gasteiger partial charge is 0.254 e. The molecule has 1 heterocycles. The summed E-state index contributed by atoms with van der Waals surface area (Å²) in [4.78, 5) is 11.9. The van der Waals surface area contributed by atoms with Gasteiger partial charge in [0.1, 0.15) is 5.82 Å². The van der Waals surface area contributed by atoms with Gasteiger partial charge < -0.3 is 15.8 Å². The van der Waals surface area contributed by atoms with Crippen LogP contribution in [0.2, 0.25) is 0 Å². The fraction of sp³-hybridized carbons (Fsp3) is 0.462. The molecule has 4 atom stereocenters. The molecule has 0 bridgehead atoms. The first-order chi connectivity index (χ1) is 8.68. The molecular weight excluding hydrogens is 235 g/mol. The number of amides is 1. The first-order valence-corrected chi connectivity index (χ1v) is 6.11. The zero-order chi connectivity index (χ0) is 12.7. The Bertz CT molecular complexity index is 480. The van der Waals surface area contributed by atoms with Gasteiger partial charge in [-0.2, -0.15) is 0 Å². The van der Waals surface area contributed by atoms with E-state index in [9.17, 15) is 9.18 Å². The van der Waals surface area contributed by atoms with Crippen LogP contribution in [-0.4, -0.2) is 30.7 Å².